The van der Waals surface area contributed by atoms with E-state index in [1.54, 1.807) is 11.3 Å². The lowest BCUT2D eigenvalue weighted by atomic mass is 10.0. The first-order valence-corrected chi connectivity index (χ1v) is 5.75. The molecule has 14 heavy (non-hydrogen) atoms. The highest BCUT2D eigenvalue weighted by Crippen LogP contribution is 2.37. The molecule has 2 nitrogen and oxygen atoms in total. The minimum Gasteiger partial charge on any atom is -0.325 e. The van der Waals surface area contributed by atoms with Gasteiger partial charge in [0.25, 0.3) is 0 Å². The molecule has 1 heterocycles. The Morgan fingerprint density at radius 1 is 1.43 bits per heavy atom. The predicted octanol–water partition coefficient (Wildman–Crippen LogP) is 2.33. The number of nitrogens with two attached hydrogens (primary N) is 1. The van der Waals surface area contributed by atoms with E-state index in [9.17, 15) is 0 Å². The predicted molar refractivity (Wildman–Crippen MR) is 59.5 cm³/mol. The third-order valence-electron chi connectivity index (χ3n) is 2.87. The van der Waals surface area contributed by atoms with E-state index in [0.717, 1.165) is 11.9 Å². The van der Waals surface area contributed by atoms with Crippen molar-refractivity contribution in [3.05, 3.63) is 29.3 Å². The summed E-state index contributed by atoms with van der Waals surface area (Å²) in [6.07, 6.45) is 3.34. The lowest BCUT2D eigenvalue weighted by Gasteiger charge is -2.08. The van der Waals surface area contributed by atoms with Crippen LogP contribution in [0.15, 0.2) is 23.7 Å². The molecule has 1 aliphatic carbocycles. The second-order valence-electron chi connectivity index (χ2n) is 4.16. The topological polar surface area (TPSA) is 38.9 Å². The second-order valence-corrected chi connectivity index (χ2v) is 5.01. The van der Waals surface area contributed by atoms with Gasteiger partial charge in [0, 0.05) is 5.54 Å². The largest absolute Gasteiger partial charge is 0.325 e. The third-order valence-corrected chi connectivity index (χ3v) is 3.79. The van der Waals surface area contributed by atoms with Crippen molar-refractivity contribution in [1.29, 1.82) is 0 Å². The molecule has 1 aromatic heterocycles. The lowest BCUT2D eigenvalue weighted by Crippen LogP contribution is -2.24. The van der Waals surface area contributed by atoms with Gasteiger partial charge in [0.05, 0.1) is 15.7 Å². The quantitative estimate of drug-likeness (QED) is 0.815. The van der Waals surface area contributed by atoms with Gasteiger partial charge in [0.2, 0.25) is 0 Å². The zero-order chi connectivity index (χ0) is 9.60. The van der Waals surface area contributed by atoms with Gasteiger partial charge in [0.15, 0.2) is 0 Å². The summed E-state index contributed by atoms with van der Waals surface area (Å²) in [5.74, 6) is 0. The first-order valence-electron chi connectivity index (χ1n) is 4.87. The average molecular weight is 204 g/mol. The molecule has 0 aliphatic heterocycles. The van der Waals surface area contributed by atoms with Crippen LogP contribution in [-0.4, -0.2) is 10.5 Å². The molecular weight excluding hydrogens is 192 g/mol. The van der Waals surface area contributed by atoms with Crippen molar-refractivity contribution in [3.8, 4) is 0 Å². The van der Waals surface area contributed by atoms with Gasteiger partial charge in [-0.15, -0.1) is 11.3 Å². The maximum atomic E-state index is 6.12. The van der Waals surface area contributed by atoms with Crippen molar-refractivity contribution < 1.29 is 0 Å². The van der Waals surface area contributed by atoms with E-state index in [1.165, 1.54) is 23.1 Å². The Balaban J connectivity index is 2.06. The van der Waals surface area contributed by atoms with Crippen LogP contribution < -0.4 is 5.73 Å². The average Bonchev–Trinajstić information content (AvgIpc) is 2.73. The van der Waals surface area contributed by atoms with Crippen LogP contribution >= 0.6 is 11.3 Å². The molecule has 2 N–H and O–H groups in total. The molecule has 1 fully saturated rings. The summed E-state index contributed by atoms with van der Waals surface area (Å²) < 4.78 is 1.31. The SMILES string of the molecule is NC1(Cc2cccc3ncsc23)CC1. The monoisotopic (exact) mass is 204 g/mol. The molecule has 0 spiro atoms. The lowest BCUT2D eigenvalue weighted by molar-refractivity contribution is 0.675. The first-order chi connectivity index (χ1) is 6.77. The highest BCUT2D eigenvalue weighted by atomic mass is 32.1. The molecule has 0 atom stereocenters. The van der Waals surface area contributed by atoms with Crippen LogP contribution in [-0.2, 0) is 6.42 Å². The number of fused-ring (bicyclic) bond motifs is 1. The highest BCUT2D eigenvalue weighted by molar-refractivity contribution is 7.16. The van der Waals surface area contributed by atoms with E-state index in [0.29, 0.717) is 0 Å². The normalized spacial score (nSPS) is 18.6. The standard InChI is InChI=1S/C11H12N2S/c12-11(4-5-11)6-8-2-1-3-9-10(8)14-7-13-9/h1-3,7H,4-6,12H2. The van der Waals surface area contributed by atoms with Gasteiger partial charge in [-0.25, -0.2) is 4.98 Å². The van der Waals surface area contributed by atoms with E-state index in [1.807, 2.05) is 5.51 Å². The Morgan fingerprint density at radius 3 is 3.07 bits per heavy atom. The van der Waals surface area contributed by atoms with E-state index in [-0.39, 0.29) is 5.54 Å². The summed E-state index contributed by atoms with van der Waals surface area (Å²) in [5.41, 5.74) is 10.6. The number of benzene rings is 1. The Bertz CT molecular complexity index is 471. The van der Waals surface area contributed by atoms with Crippen LogP contribution in [0.5, 0.6) is 0 Å². The van der Waals surface area contributed by atoms with E-state index >= 15 is 0 Å². The van der Waals surface area contributed by atoms with Crippen molar-refractivity contribution in [1.82, 2.24) is 4.98 Å². The van der Waals surface area contributed by atoms with Crippen molar-refractivity contribution in [2.45, 2.75) is 24.8 Å². The summed E-state index contributed by atoms with van der Waals surface area (Å²) in [7, 11) is 0. The van der Waals surface area contributed by atoms with Crippen molar-refractivity contribution in [3.63, 3.8) is 0 Å². The summed E-state index contributed by atoms with van der Waals surface area (Å²) >= 11 is 1.72. The molecular formula is C11H12N2S. The number of thiazole rings is 1. The van der Waals surface area contributed by atoms with Crippen LogP contribution in [0.2, 0.25) is 0 Å². The highest BCUT2D eigenvalue weighted by Gasteiger charge is 2.38. The van der Waals surface area contributed by atoms with Gasteiger partial charge < -0.3 is 5.73 Å². The molecule has 72 valence electrons. The van der Waals surface area contributed by atoms with Crippen molar-refractivity contribution in [2.75, 3.05) is 0 Å². The summed E-state index contributed by atoms with van der Waals surface area (Å²) in [4.78, 5) is 4.31. The molecule has 3 heteroatoms. The zero-order valence-electron chi connectivity index (χ0n) is 7.86. The number of hydrogen-bond donors (Lipinski definition) is 1. The van der Waals surface area contributed by atoms with Gasteiger partial charge >= 0.3 is 0 Å². The Labute approximate surface area is 86.8 Å². The molecule has 0 radical (unpaired) electrons. The van der Waals surface area contributed by atoms with E-state index in [2.05, 4.69) is 23.2 Å². The number of aromatic nitrogens is 1. The number of rotatable bonds is 2. The molecule has 0 bridgehead atoms. The molecule has 1 aromatic carbocycles. The van der Waals surface area contributed by atoms with Crippen LogP contribution in [0.3, 0.4) is 0 Å². The van der Waals surface area contributed by atoms with Crippen LogP contribution in [0.1, 0.15) is 18.4 Å². The first kappa shape index (κ1) is 8.38. The fraction of sp³-hybridized carbons (Fsp3) is 0.364. The fourth-order valence-electron chi connectivity index (χ4n) is 1.80. The molecule has 0 unspecified atom stereocenters. The van der Waals surface area contributed by atoms with Gasteiger partial charge in [-0.1, -0.05) is 12.1 Å². The molecule has 0 amide bonds. The van der Waals surface area contributed by atoms with Gasteiger partial charge in [0.1, 0.15) is 0 Å². The van der Waals surface area contributed by atoms with Crippen LogP contribution in [0.4, 0.5) is 0 Å². The minimum atomic E-state index is 0.0955. The smallest absolute Gasteiger partial charge is 0.0814 e. The van der Waals surface area contributed by atoms with Gasteiger partial charge in [-0.05, 0) is 30.9 Å². The third kappa shape index (κ3) is 1.33. The summed E-state index contributed by atoms with van der Waals surface area (Å²) in [6.45, 7) is 0. The van der Waals surface area contributed by atoms with Crippen LogP contribution in [0.25, 0.3) is 10.2 Å². The van der Waals surface area contributed by atoms with Crippen molar-refractivity contribution >= 4 is 21.6 Å². The van der Waals surface area contributed by atoms with Crippen LogP contribution in [0, 0.1) is 0 Å². The fourth-order valence-corrected chi connectivity index (χ4v) is 2.61. The maximum Gasteiger partial charge on any atom is 0.0814 e. The second kappa shape index (κ2) is 2.78. The minimum absolute atomic E-state index is 0.0955. The molecule has 0 saturated heterocycles. The number of hydrogen-bond acceptors (Lipinski definition) is 3. The Hall–Kier alpha value is -0.930. The number of nitrogens with zero attached hydrogens (tertiary/aromatic N) is 1. The molecule has 1 saturated carbocycles. The van der Waals surface area contributed by atoms with Crippen molar-refractivity contribution in [2.24, 2.45) is 5.73 Å². The van der Waals surface area contributed by atoms with Gasteiger partial charge in [-0.3, -0.25) is 0 Å². The maximum absolute atomic E-state index is 6.12. The molecule has 1 aliphatic rings. The van der Waals surface area contributed by atoms with E-state index in [4.69, 9.17) is 5.73 Å². The Morgan fingerprint density at radius 2 is 2.29 bits per heavy atom. The molecule has 3 rings (SSSR count). The molecule has 2 aromatic rings. The zero-order valence-corrected chi connectivity index (χ0v) is 8.68. The summed E-state index contributed by atoms with van der Waals surface area (Å²) in [6, 6.07) is 6.31. The Kier molecular flexibility index (Phi) is 1.66. The van der Waals surface area contributed by atoms with Gasteiger partial charge in [-0.2, -0.15) is 0 Å². The van der Waals surface area contributed by atoms with E-state index < -0.39 is 0 Å². The summed E-state index contributed by atoms with van der Waals surface area (Å²) in [5, 5.41) is 0.